The average Bonchev–Trinajstić information content (AvgIpc) is 2.38. The van der Waals surface area contributed by atoms with Gasteiger partial charge in [0.15, 0.2) is 0 Å². The van der Waals surface area contributed by atoms with Gasteiger partial charge < -0.3 is 5.32 Å². The van der Waals surface area contributed by atoms with E-state index in [1.165, 1.54) is 6.07 Å². The van der Waals surface area contributed by atoms with Crippen LogP contribution in [0, 0.1) is 12.7 Å². The molecule has 0 fully saturated rings. The number of benzene rings is 2. The van der Waals surface area contributed by atoms with Gasteiger partial charge in [-0.2, -0.15) is 0 Å². The lowest BCUT2D eigenvalue weighted by Gasteiger charge is -2.10. The van der Waals surface area contributed by atoms with Gasteiger partial charge in [-0.3, -0.25) is 4.79 Å². The van der Waals surface area contributed by atoms with Crippen molar-refractivity contribution < 1.29 is 9.18 Å². The quantitative estimate of drug-likeness (QED) is 0.738. The first-order valence-corrected chi connectivity index (χ1v) is 6.74. The molecule has 0 bridgehead atoms. The number of aryl methyl sites for hydroxylation is 1. The maximum Gasteiger partial charge on any atom is 0.257 e. The molecule has 0 saturated carbocycles. The fourth-order valence-electron chi connectivity index (χ4n) is 1.62. The Morgan fingerprint density at radius 2 is 1.80 bits per heavy atom. The first-order valence-electron chi connectivity index (χ1n) is 5.60. The molecule has 6 heteroatoms. The van der Waals surface area contributed by atoms with E-state index in [0.717, 1.165) is 11.6 Å². The van der Waals surface area contributed by atoms with E-state index < -0.39 is 11.7 Å². The molecule has 0 aliphatic heterocycles. The second kappa shape index (κ2) is 6.00. The van der Waals surface area contributed by atoms with Crippen molar-refractivity contribution in [1.29, 1.82) is 0 Å². The first-order chi connectivity index (χ1) is 9.38. The molecule has 0 aliphatic rings. The molecule has 0 saturated heterocycles. The summed E-state index contributed by atoms with van der Waals surface area (Å²) in [6, 6.07) is 7.27. The lowest BCUT2D eigenvalue weighted by atomic mass is 10.1. The number of carbonyl (C=O) groups excluding carboxylic acids is 1. The number of carbonyl (C=O) groups is 1. The Hall–Kier alpha value is -1.29. The molecule has 0 spiro atoms. The summed E-state index contributed by atoms with van der Waals surface area (Å²) in [7, 11) is 0. The summed E-state index contributed by atoms with van der Waals surface area (Å²) in [6.45, 7) is 1.82. The summed E-state index contributed by atoms with van der Waals surface area (Å²) in [5.41, 5.74) is 1.37. The van der Waals surface area contributed by atoms with Crippen molar-refractivity contribution in [3.63, 3.8) is 0 Å². The van der Waals surface area contributed by atoms with Gasteiger partial charge in [0, 0.05) is 10.7 Å². The van der Waals surface area contributed by atoms with E-state index in [9.17, 15) is 9.18 Å². The Labute approximate surface area is 130 Å². The summed E-state index contributed by atoms with van der Waals surface area (Å²) in [5.74, 6) is -1.24. The number of amides is 1. The monoisotopic (exact) mass is 331 g/mol. The van der Waals surface area contributed by atoms with Crippen LogP contribution in [0.3, 0.4) is 0 Å². The number of rotatable bonds is 2. The standard InChI is InChI=1S/C14H9Cl3FNO/c1-7-2-3-8(15)4-13(7)19-14(20)9-5-12(18)11(17)6-10(9)16/h2-6H,1H3,(H,19,20). The molecule has 0 heterocycles. The fourth-order valence-corrected chi connectivity index (χ4v) is 2.26. The van der Waals surface area contributed by atoms with Gasteiger partial charge in [-0.25, -0.2) is 4.39 Å². The zero-order valence-electron chi connectivity index (χ0n) is 10.3. The van der Waals surface area contributed by atoms with Gasteiger partial charge in [-0.15, -0.1) is 0 Å². The second-order valence-corrected chi connectivity index (χ2v) is 5.41. The third-order valence-electron chi connectivity index (χ3n) is 2.70. The Kier molecular flexibility index (Phi) is 4.53. The molecule has 0 aliphatic carbocycles. The van der Waals surface area contributed by atoms with Crippen LogP contribution in [0.4, 0.5) is 10.1 Å². The Morgan fingerprint density at radius 1 is 1.10 bits per heavy atom. The molecule has 104 valence electrons. The molecule has 1 amide bonds. The predicted octanol–water partition coefficient (Wildman–Crippen LogP) is 5.35. The van der Waals surface area contributed by atoms with Gasteiger partial charge in [-0.1, -0.05) is 40.9 Å². The number of hydrogen-bond acceptors (Lipinski definition) is 1. The van der Waals surface area contributed by atoms with Crippen molar-refractivity contribution in [2.75, 3.05) is 5.32 Å². The van der Waals surface area contributed by atoms with Crippen molar-refractivity contribution >= 4 is 46.4 Å². The van der Waals surface area contributed by atoms with Crippen LogP contribution in [0.1, 0.15) is 15.9 Å². The zero-order chi connectivity index (χ0) is 14.9. The van der Waals surface area contributed by atoms with Crippen LogP contribution in [0.15, 0.2) is 30.3 Å². The number of halogens is 4. The van der Waals surface area contributed by atoms with E-state index in [0.29, 0.717) is 10.7 Å². The second-order valence-electron chi connectivity index (χ2n) is 4.16. The molecular formula is C14H9Cl3FNO. The average molecular weight is 333 g/mol. The zero-order valence-corrected chi connectivity index (χ0v) is 12.6. The molecular weight excluding hydrogens is 324 g/mol. The van der Waals surface area contributed by atoms with Crippen LogP contribution in [-0.2, 0) is 0 Å². The van der Waals surface area contributed by atoms with Crippen molar-refractivity contribution in [2.45, 2.75) is 6.92 Å². The summed E-state index contributed by atoms with van der Waals surface area (Å²) in [5, 5.41) is 3.07. The molecule has 2 aromatic rings. The third kappa shape index (κ3) is 3.23. The SMILES string of the molecule is Cc1ccc(Cl)cc1NC(=O)c1cc(F)c(Cl)cc1Cl. The number of hydrogen-bond donors (Lipinski definition) is 1. The van der Waals surface area contributed by atoms with Gasteiger partial charge in [0.25, 0.3) is 5.91 Å². The lowest BCUT2D eigenvalue weighted by molar-refractivity contribution is 0.102. The number of anilines is 1. The molecule has 2 nitrogen and oxygen atoms in total. The van der Waals surface area contributed by atoms with E-state index in [1.807, 2.05) is 6.92 Å². The highest BCUT2D eigenvalue weighted by Gasteiger charge is 2.15. The summed E-state index contributed by atoms with van der Waals surface area (Å²) in [4.78, 5) is 12.1. The minimum atomic E-state index is -0.705. The summed E-state index contributed by atoms with van der Waals surface area (Å²) in [6.07, 6.45) is 0. The van der Waals surface area contributed by atoms with Crippen LogP contribution in [0.5, 0.6) is 0 Å². The van der Waals surface area contributed by atoms with Gasteiger partial charge in [0.2, 0.25) is 0 Å². The highest BCUT2D eigenvalue weighted by atomic mass is 35.5. The minimum Gasteiger partial charge on any atom is -0.322 e. The third-order valence-corrected chi connectivity index (χ3v) is 3.54. The fraction of sp³-hybridized carbons (Fsp3) is 0.0714. The van der Waals surface area contributed by atoms with E-state index in [4.69, 9.17) is 34.8 Å². The minimum absolute atomic E-state index is 0.00735. The van der Waals surface area contributed by atoms with Crippen LogP contribution in [0.25, 0.3) is 0 Å². The summed E-state index contributed by atoms with van der Waals surface area (Å²) >= 11 is 17.4. The Morgan fingerprint density at radius 3 is 2.50 bits per heavy atom. The van der Waals surface area contributed by atoms with Crippen molar-refractivity contribution in [3.8, 4) is 0 Å². The maximum atomic E-state index is 13.4. The van der Waals surface area contributed by atoms with Gasteiger partial charge in [0.05, 0.1) is 15.6 Å². The Balaban J connectivity index is 2.33. The smallest absolute Gasteiger partial charge is 0.257 e. The lowest BCUT2D eigenvalue weighted by Crippen LogP contribution is -2.13. The molecule has 2 rings (SSSR count). The topological polar surface area (TPSA) is 29.1 Å². The highest BCUT2D eigenvalue weighted by molar-refractivity contribution is 6.37. The first kappa shape index (κ1) is 15.1. The molecule has 2 aromatic carbocycles. The Bertz CT molecular complexity index is 688. The van der Waals surface area contributed by atoms with E-state index in [2.05, 4.69) is 5.32 Å². The van der Waals surface area contributed by atoms with E-state index in [-0.39, 0.29) is 15.6 Å². The molecule has 20 heavy (non-hydrogen) atoms. The number of nitrogens with one attached hydrogen (secondary N) is 1. The van der Waals surface area contributed by atoms with Crippen LogP contribution in [-0.4, -0.2) is 5.91 Å². The van der Waals surface area contributed by atoms with Crippen LogP contribution in [0.2, 0.25) is 15.1 Å². The molecule has 0 atom stereocenters. The van der Waals surface area contributed by atoms with Crippen molar-refractivity contribution in [1.82, 2.24) is 0 Å². The largest absolute Gasteiger partial charge is 0.322 e. The maximum absolute atomic E-state index is 13.4. The highest BCUT2D eigenvalue weighted by Crippen LogP contribution is 2.26. The van der Waals surface area contributed by atoms with Gasteiger partial charge in [0.1, 0.15) is 5.82 Å². The summed E-state index contributed by atoms with van der Waals surface area (Å²) < 4.78 is 13.4. The molecule has 0 aromatic heterocycles. The van der Waals surface area contributed by atoms with Crippen molar-refractivity contribution in [3.05, 3.63) is 62.3 Å². The van der Waals surface area contributed by atoms with Crippen LogP contribution >= 0.6 is 34.8 Å². The molecule has 0 radical (unpaired) electrons. The predicted molar refractivity (Wildman–Crippen MR) is 80.6 cm³/mol. The molecule has 0 unspecified atom stereocenters. The van der Waals surface area contributed by atoms with Gasteiger partial charge in [-0.05, 0) is 36.8 Å². The van der Waals surface area contributed by atoms with E-state index >= 15 is 0 Å². The van der Waals surface area contributed by atoms with Crippen LogP contribution < -0.4 is 5.32 Å². The normalized spacial score (nSPS) is 10.4. The van der Waals surface area contributed by atoms with Gasteiger partial charge >= 0.3 is 0 Å². The van der Waals surface area contributed by atoms with E-state index in [1.54, 1.807) is 18.2 Å². The van der Waals surface area contributed by atoms with Crippen molar-refractivity contribution in [2.24, 2.45) is 0 Å². The molecule has 1 N–H and O–H groups in total.